The van der Waals surface area contributed by atoms with Gasteiger partial charge in [-0.3, -0.25) is 0 Å². The monoisotopic (exact) mass is 442 g/mol. The summed E-state index contributed by atoms with van der Waals surface area (Å²) >= 11 is 16.3. The summed E-state index contributed by atoms with van der Waals surface area (Å²) in [5.41, 5.74) is 3.71. The van der Waals surface area contributed by atoms with E-state index in [1.807, 2.05) is 45.2 Å². The lowest BCUT2D eigenvalue weighted by Gasteiger charge is -2.15. The molecule has 0 amide bonds. The number of nitrogens with zero attached hydrogens (tertiary/aromatic N) is 3. The average Bonchev–Trinajstić information content (AvgIpc) is 2.52. The number of hydrogen-bond acceptors (Lipinski definition) is 3. The molecule has 0 aliphatic carbocycles. The number of benzene rings is 2. The van der Waals surface area contributed by atoms with Gasteiger partial charge < -0.3 is 15.1 Å². The second-order valence-corrected chi connectivity index (χ2v) is 7.69. The molecule has 0 aromatic heterocycles. The molecule has 0 radical (unpaired) electrons. The molecule has 1 N–H and O–H groups in total. The number of hydrogen-bond donors (Lipinski definition) is 1. The molecule has 0 saturated carbocycles. The maximum absolute atomic E-state index is 6.32. The molecule has 2 aromatic rings. The Kier molecular flexibility index (Phi) is 6.99. The molecule has 0 aliphatic heterocycles. The van der Waals surface area contributed by atoms with Gasteiger partial charge in [-0.15, -0.1) is 0 Å². The SMILES string of the molecule is CN(C)/C=N\c1c(Cl)cc(NCc2ccc(N(C)C)cc2Br)cc1Cl. The highest BCUT2D eigenvalue weighted by atomic mass is 79.9. The van der Waals surface area contributed by atoms with E-state index in [-0.39, 0.29) is 0 Å². The minimum absolute atomic E-state index is 0.509. The fourth-order valence-corrected chi connectivity index (χ4v) is 3.21. The Morgan fingerprint density at radius 2 is 1.72 bits per heavy atom. The minimum atomic E-state index is 0.509. The predicted octanol–water partition coefficient (Wildman–Crippen LogP) is 5.66. The lowest BCUT2D eigenvalue weighted by atomic mass is 10.2. The Hall–Kier alpha value is -1.43. The fourth-order valence-electron chi connectivity index (χ4n) is 2.12. The normalized spacial score (nSPS) is 11.0. The van der Waals surface area contributed by atoms with Crippen LogP contribution >= 0.6 is 39.1 Å². The second-order valence-electron chi connectivity index (χ2n) is 6.02. The van der Waals surface area contributed by atoms with Gasteiger partial charge in [0.25, 0.3) is 0 Å². The highest BCUT2D eigenvalue weighted by Gasteiger charge is 2.08. The Balaban J connectivity index is 2.14. The van der Waals surface area contributed by atoms with Crippen LogP contribution in [0.2, 0.25) is 10.0 Å². The quantitative estimate of drug-likeness (QED) is 0.461. The molecule has 25 heavy (non-hydrogen) atoms. The first kappa shape index (κ1) is 19.9. The third kappa shape index (κ3) is 5.53. The Morgan fingerprint density at radius 1 is 1.08 bits per heavy atom. The number of halogens is 3. The van der Waals surface area contributed by atoms with Gasteiger partial charge in [-0.1, -0.05) is 45.2 Å². The van der Waals surface area contributed by atoms with E-state index < -0.39 is 0 Å². The summed E-state index contributed by atoms with van der Waals surface area (Å²) in [6.45, 7) is 0.654. The second kappa shape index (κ2) is 8.79. The lowest BCUT2D eigenvalue weighted by molar-refractivity contribution is 0.643. The van der Waals surface area contributed by atoms with Crippen LogP contribution in [-0.2, 0) is 6.54 Å². The molecular weight excluding hydrogens is 423 g/mol. The predicted molar refractivity (Wildman–Crippen MR) is 114 cm³/mol. The number of anilines is 2. The summed E-state index contributed by atoms with van der Waals surface area (Å²) < 4.78 is 1.05. The van der Waals surface area contributed by atoms with Gasteiger partial charge in [0.15, 0.2) is 0 Å². The van der Waals surface area contributed by atoms with Crippen molar-refractivity contribution in [2.75, 3.05) is 38.4 Å². The highest BCUT2D eigenvalue weighted by molar-refractivity contribution is 9.10. The van der Waals surface area contributed by atoms with Crippen LogP contribution in [-0.4, -0.2) is 39.4 Å². The minimum Gasteiger partial charge on any atom is -0.381 e. The first-order valence-corrected chi connectivity index (χ1v) is 9.22. The van der Waals surface area contributed by atoms with E-state index in [4.69, 9.17) is 23.2 Å². The maximum atomic E-state index is 6.32. The molecule has 2 rings (SSSR count). The zero-order valence-corrected chi connectivity index (χ0v) is 17.7. The van der Waals surface area contributed by atoms with Gasteiger partial charge in [-0.05, 0) is 29.8 Å². The van der Waals surface area contributed by atoms with Crippen molar-refractivity contribution in [2.24, 2.45) is 4.99 Å². The molecule has 0 atom stereocenters. The van der Waals surface area contributed by atoms with E-state index in [1.54, 1.807) is 6.34 Å². The van der Waals surface area contributed by atoms with Gasteiger partial charge in [0.2, 0.25) is 0 Å². The molecular formula is C18H21BrCl2N4. The van der Waals surface area contributed by atoms with E-state index in [0.29, 0.717) is 22.3 Å². The molecule has 0 heterocycles. The summed E-state index contributed by atoms with van der Waals surface area (Å²) in [6, 6.07) is 9.93. The summed E-state index contributed by atoms with van der Waals surface area (Å²) in [4.78, 5) is 8.19. The standard InChI is InChI=1S/C18H21BrCl2N4/c1-24(2)11-23-18-16(20)7-13(8-17(18)21)22-10-12-5-6-14(25(3)4)9-15(12)19/h5-9,11,22H,10H2,1-4H3/b23-11-. The fraction of sp³-hybridized carbons (Fsp3) is 0.278. The Morgan fingerprint density at radius 3 is 2.24 bits per heavy atom. The van der Waals surface area contributed by atoms with Crippen LogP contribution in [0.5, 0.6) is 0 Å². The van der Waals surface area contributed by atoms with E-state index in [2.05, 4.69) is 49.3 Å². The van der Waals surface area contributed by atoms with E-state index in [0.717, 1.165) is 21.4 Å². The van der Waals surface area contributed by atoms with Crippen molar-refractivity contribution in [3.8, 4) is 0 Å². The van der Waals surface area contributed by atoms with Crippen molar-refractivity contribution < 1.29 is 0 Å². The lowest BCUT2D eigenvalue weighted by Crippen LogP contribution is -2.09. The number of rotatable bonds is 6. The summed E-state index contributed by atoms with van der Waals surface area (Å²) in [5, 5.41) is 4.37. The van der Waals surface area contributed by atoms with Gasteiger partial charge in [-0.25, -0.2) is 4.99 Å². The van der Waals surface area contributed by atoms with Crippen molar-refractivity contribution in [1.29, 1.82) is 0 Å². The van der Waals surface area contributed by atoms with Crippen molar-refractivity contribution in [3.63, 3.8) is 0 Å². The third-order valence-electron chi connectivity index (χ3n) is 3.47. The van der Waals surface area contributed by atoms with Crippen LogP contribution in [0, 0.1) is 0 Å². The largest absolute Gasteiger partial charge is 0.381 e. The first-order valence-electron chi connectivity index (χ1n) is 7.67. The Bertz CT molecular complexity index is 753. The van der Waals surface area contributed by atoms with E-state index in [1.165, 1.54) is 0 Å². The Labute approximate surface area is 167 Å². The van der Waals surface area contributed by atoms with Gasteiger partial charge in [0, 0.05) is 50.6 Å². The van der Waals surface area contributed by atoms with Crippen LogP contribution in [0.15, 0.2) is 39.8 Å². The molecule has 0 unspecified atom stereocenters. The van der Waals surface area contributed by atoms with Crippen molar-refractivity contribution in [3.05, 3.63) is 50.4 Å². The molecule has 0 spiro atoms. The average molecular weight is 444 g/mol. The molecule has 0 bridgehead atoms. The van der Waals surface area contributed by atoms with E-state index in [9.17, 15) is 0 Å². The number of nitrogens with one attached hydrogen (secondary N) is 1. The van der Waals surface area contributed by atoms with Crippen molar-refractivity contribution >= 4 is 62.5 Å². The smallest absolute Gasteiger partial charge is 0.102 e. The zero-order valence-electron chi connectivity index (χ0n) is 14.6. The zero-order chi connectivity index (χ0) is 18.6. The maximum Gasteiger partial charge on any atom is 0.102 e. The molecule has 7 heteroatoms. The topological polar surface area (TPSA) is 30.9 Å². The third-order valence-corrected chi connectivity index (χ3v) is 4.79. The van der Waals surface area contributed by atoms with Crippen LogP contribution in [0.1, 0.15) is 5.56 Å². The molecule has 0 saturated heterocycles. The number of aliphatic imine (C=N–C) groups is 1. The molecule has 2 aromatic carbocycles. The van der Waals surface area contributed by atoms with Crippen molar-refractivity contribution in [1.82, 2.24) is 4.90 Å². The highest BCUT2D eigenvalue weighted by Crippen LogP contribution is 2.36. The molecule has 0 aliphatic rings. The van der Waals surface area contributed by atoms with Crippen molar-refractivity contribution in [2.45, 2.75) is 6.54 Å². The van der Waals surface area contributed by atoms with Crippen LogP contribution in [0.3, 0.4) is 0 Å². The van der Waals surface area contributed by atoms with Crippen LogP contribution in [0.25, 0.3) is 0 Å². The summed E-state index contributed by atoms with van der Waals surface area (Å²) in [5.74, 6) is 0. The first-order chi connectivity index (χ1) is 11.8. The van der Waals surface area contributed by atoms with Gasteiger partial charge in [0.1, 0.15) is 5.69 Å². The van der Waals surface area contributed by atoms with Gasteiger partial charge >= 0.3 is 0 Å². The molecule has 134 valence electrons. The molecule has 4 nitrogen and oxygen atoms in total. The summed E-state index contributed by atoms with van der Waals surface area (Å²) in [7, 11) is 7.81. The van der Waals surface area contributed by atoms with Gasteiger partial charge in [0.05, 0.1) is 16.4 Å². The molecule has 0 fully saturated rings. The van der Waals surface area contributed by atoms with Crippen LogP contribution < -0.4 is 10.2 Å². The van der Waals surface area contributed by atoms with Crippen LogP contribution in [0.4, 0.5) is 17.1 Å². The van der Waals surface area contributed by atoms with Gasteiger partial charge in [-0.2, -0.15) is 0 Å². The summed E-state index contributed by atoms with van der Waals surface area (Å²) in [6.07, 6.45) is 1.67. The van der Waals surface area contributed by atoms with E-state index >= 15 is 0 Å².